The van der Waals surface area contributed by atoms with Gasteiger partial charge in [0.05, 0.1) is 18.8 Å². The Morgan fingerprint density at radius 1 is 0.698 bits per heavy atom. The van der Waals surface area contributed by atoms with Crippen LogP contribution in [0.15, 0.2) is 91.0 Å². The number of unbranched alkanes of at least 4 members (excludes halogenated alkanes) is 11. The highest BCUT2D eigenvalue weighted by atomic mass is 16.6. The highest BCUT2D eigenvalue weighted by molar-refractivity contribution is 5.70. The van der Waals surface area contributed by atoms with Crippen LogP contribution in [-0.2, 0) is 15.1 Å². The van der Waals surface area contributed by atoms with Crippen LogP contribution in [0.25, 0.3) is 0 Å². The fourth-order valence-electron chi connectivity index (χ4n) is 6.30. The third kappa shape index (κ3) is 9.42. The first-order valence-electron chi connectivity index (χ1n) is 16.6. The van der Waals surface area contributed by atoms with Gasteiger partial charge in [-0.1, -0.05) is 175 Å². The lowest BCUT2D eigenvalue weighted by molar-refractivity contribution is -0.0355. The summed E-state index contributed by atoms with van der Waals surface area (Å²) in [6.07, 6.45) is 13.9. The SMILES string of the molecule is CCCCCCCCCCCCCC[C@@H](O)[C@H]1OC(=O)N[C@H]1COC(c1ccccc1)(c1ccccc1)c1ccccc1. The number of aliphatic hydroxyl groups is 1. The predicted octanol–water partition coefficient (Wildman–Crippen LogP) is 8.92. The topological polar surface area (TPSA) is 67.8 Å². The Kier molecular flexibility index (Phi) is 13.6. The maximum Gasteiger partial charge on any atom is 0.408 e. The number of cyclic esters (lactones) is 1. The third-order valence-corrected chi connectivity index (χ3v) is 8.70. The Morgan fingerprint density at radius 2 is 1.12 bits per heavy atom. The molecule has 2 N–H and O–H groups in total. The summed E-state index contributed by atoms with van der Waals surface area (Å²) in [6, 6.07) is 30.1. The van der Waals surface area contributed by atoms with Gasteiger partial charge in [-0.2, -0.15) is 0 Å². The average Bonchev–Trinajstić information content (AvgIpc) is 3.43. The first-order valence-corrected chi connectivity index (χ1v) is 16.6. The molecule has 1 fully saturated rings. The van der Waals surface area contributed by atoms with Gasteiger partial charge in [0.15, 0.2) is 6.10 Å². The molecule has 0 unspecified atom stereocenters. The summed E-state index contributed by atoms with van der Waals surface area (Å²) in [5.41, 5.74) is 2.07. The molecule has 5 nitrogen and oxygen atoms in total. The maximum atomic E-state index is 12.4. The van der Waals surface area contributed by atoms with E-state index in [9.17, 15) is 9.90 Å². The van der Waals surface area contributed by atoms with E-state index in [-0.39, 0.29) is 6.61 Å². The molecule has 43 heavy (non-hydrogen) atoms. The molecule has 232 valence electrons. The summed E-state index contributed by atoms with van der Waals surface area (Å²) in [4.78, 5) is 12.4. The number of amides is 1. The second-order valence-corrected chi connectivity index (χ2v) is 12.0. The van der Waals surface area contributed by atoms with Gasteiger partial charge in [-0.15, -0.1) is 0 Å². The van der Waals surface area contributed by atoms with Gasteiger partial charge in [0.2, 0.25) is 0 Å². The first-order chi connectivity index (χ1) is 21.1. The van der Waals surface area contributed by atoms with Crippen molar-refractivity contribution in [2.45, 2.75) is 114 Å². The number of hydrogen-bond donors (Lipinski definition) is 2. The largest absolute Gasteiger partial charge is 0.441 e. The minimum atomic E-state index is -0.901. The van der Waals surface area contributed by atoms with E-state index in [1.807, 2.05) is 54.6 Å². The van der Waals surface area contributed by atoms with Crippen molar-refractivity contribution in [3.05, 3.63) is 108 Å². The molecule has 1 amide bonds. The molecule has 0 radical (unpaired) electrons. The molecule has 1 saturated heterocycles. The standard InChI is InChI=1S/C38H51NO4/c1-2-3-4-5-6-7-8-9-10-11-12-22-29-35(40)36-34(39-37(41)43-36)30-42-38(31-23-16-13-17-24-31,32-25-18-14-19-26-32)33-27-20-15-21-28-33/h13-21,23-28,34-36,40H,2-12,22,29-30H2,1H3,(H,39,41)/t34-,35+,36-/m0/s1. The van der Waals surface area contributed by atoms with Crippen LogP contribution in [0, 0.1) is 0 Å². The molecule has 1 heterocycles. The highest BCUT2D eigenvalue weighted by Gasteiger charge is 2.43. The molecule has 1 aliphatic heterocycles. The maximum absolute atomic E-state index is 12.4. The van der Waals surface area contributed by atoms with E-state index in [4.69, 9.17) is 9.47 Å². The lowest BCUT2D eigenvalue weighted by Crippen LogP contribution is -2.45. The van der Waals surface area contributed by atoms with Crippen LogP contribution in [0.5, 0.6) is 0 Å². The van der Waals surface area contributed by atoms with Crippen molar-refractivity contribution in [3.8, 4) is 0 Å². The minimum Gasteiger partial charge on any atom is -0.441 e. The molecule has 5 heteroatoms. The van der Waals surface area contributed by atoms with Crippen LogP contribution in [-0.4, -0.2) is 36.1 Å². The van der Waals surface area contributed by atoms with Gasteiger partial charge in [0.1, 0.15) is 5.60 Å². The van der Waals surface area contributed by atoms with E-state index in [0.29, 0.717) is 6.42 Å². The quantitative estimate of drug-likeness (QED) is 0.103. The normalized spacial score (nSPS) is 17.4. The van der Waals surface area contributed by atoms with Crippen LogP contribution < -0.4 is 5.32 Å². The molecule has 3 aromatic carbocycles. The molecule has 3 aromatic rings. The lowest BCUT2D eigenvalue weighted by Gasteiger charge is -2.37. The van der Waals surface area contributed by atoms with Crippen molar-refractivity contribution in [1.82, 2.24) is 5.32 Å². The summed E-state index contributed by atoms with van der Waals surface area (Å²) >= 11 is 0. The van der Waals surface area contributed by atoms with E-state index >= 15 is 0 Å². The predicted molar refractivity (Wildman–Crippen MR) is 174 cm³/mol. The fourth-order valence-corrected chi connectivity index (χ4v) is 6.30. The van der Waals surface area contributed by atoms with Gasteiger partial charge in [0.25, 0.3) is 0 Å². The molecule has 0 spiro atoms. The Morgan fingerprint density at radius 3 is 1.56 bits per heavy atom. The molecular weight excluding hydrogens is 534 g/mol. The van der Waals surface area contributed by atoms with Crippen molar-refractivity contribution >= 4 is 6.09 Å². The smallest absolute Gasteiger partial charge is 0.408 e. The van der Waals surface area contributed by atoms with Crippen molar-refractivity contribution in [2.75, 3.05) is 6.61 Å². The molecule has 1 aliphatic rings. The van der Waals surface area contributed by atoms with Crippen molar-refractivity contribution in [3.63, 3.8) is 0 Å². The second-order valence-electron chi connectivity index (χ2n) is 12.0. The molecule has 0 aromatic heterocycles. The highest BCUT2D eigenvalue weighted by Crippen LogP contribution is 2.41. The molecular formula is C38H51NO4. The molecule has 0 aliphatic carbocycles. The Labute approximate surface area is 259 Å². The minimum absolute atomic E-state index is 0.185. The van der Waals surface area contributed by atoms with Gasteiger partial charge < -0.3 is 19.9 Å². The van der Waals surface area contributed by atoms with E-state index in [2.05, 4.69) is 48.6 Å². The van der Waals surface area contributed by atoms with Crippen LogP contribution in [0.2, 0.25) is 0 Å². The number of carbonyl (C=O) groups is 1. The lowest BCUT2D eigenvalue weighted by atomic mass is 9.80. The number of aliphatic hydroxyl groups excluding tert-OH is 1. The number of ether oxygens (including phenoxy) is 2. The van der Waals surface area contributed by atoms with Gasteiger partial charge in [-0.3, -0.25) is 0 Å². The number of nitrogens with one attached hydrogen (secondary N) is 1. The van der Waals surface area contributed by atoms with E-state index in [0.717, 1.165) is 29.5 Å². The monoisotopic (exact) mass is 585 g/mol. The van der Waals surface area contributed by atoms with Crippen LogP contribution in [0.3, 0.4) is 0 Å². The Balaban J connectivity index is 1.34. The van der Waals surface area contributed by atoms with Crippen LogP contribution in [0.1, 0.15) is 107 Å². The van der Waals surface area contributed by atoms with E-state index in [1.165, 1.54) is 64.2 Å². The van der Waals surface area contributed by atoms with Crippen LogP contribution >= 0.6 is 0 Å². The Hall–Kier alpha value is -3.15. The number of hydrogen-bond acceptors (Lipinski definition) is 4. The van der Waals surface area contributed by atoms with Crippen molar-refractivity contribution in [2.24, 2.45) is 0 Å². The third-order valence-electron chi connectivity index (χ3n) is 8.70. The van der Waals surface area contributed by atoms with Gasteiger partial charge in [-0.05, 0) is 23.1 Å². The zero-order valence-electron chi connectivity index (χ0n) is 26.0. The van der Waals surface area contributed by atoms with Crippen molar-refractivity contribution < 1.29 is 19.4 Å². The zero-order valence-corrected chi connectivity index (χ0v) is 26.0. The molecule has 0 saturated carbocycles. The zero-order chi connectivity index (χ0) is 30.2. The summed E-state index contributed by atoms with van der Waals surface area (Å²) < 4.78 is 12.5. The molecule has 3 atom stereocenters. The first kappa shape index (κ1) is 32.8. The van der Waals surface area contributed by atoms with E-state index in [1.54, 1.807) is 0 Å². The molecule has 4 rings (SSSR count). The summed E-state index contributed by atoms with van der Waals surface area (Å²) in [7, 11) is 0. The average molecular weight is 586 g/mol. The van der Waals surface area contributed by atoms with Gasteiger partial charge >= 0.3 is 6.09 Å². The number of rotatable bonds is 20. The van der Waals surface area contributed by atoms with E-state index < -0.39 is 29.9 Å². The van der Waals surface area contributed by atoms with Crippen molar-refractivity contribution in [1.29, 1.82) is 0 Å². The summed E-state index contributed by atoms with van der Waals surface area (Å²) in [6.45, 7) is 2.45. The summed E-state index contributed by atoms with van der Waals surface area (Å²) in [5.74, 6) is 0. The summed E-state index contributed by atoms with van der Waals surface area (Å²) in [5, 5.41) is 14.0. The number of alkyl carbamates (subject to hydrolysis) is 1. The molecule has 0 bridgehead atoms. The fraction of sp³-hybridized carbons (Fsp3) is 0.500. The Bertz CT molecular complexity index is 1070. The van der Waals surface area contributed by atoms with Crippen LogP contribution in [0.4, 0.5) is 4.79 Å². The van der Waals surface area contributed by atoms with Gasteiger partial charge in [0, 0.05) is 0 Å². The second kappa shape index (κ2) is 17.8. The number of carbonyl (C=O) groups excluding carboxylic acids is 1. The number of benzene rings is 3. The van der Waals surface area contributed by atoms with Gasteiger partial charge in [-0.25, -0.2) is 4.79 Å².